The molecule has 0 unspecified atom stereocenters. The lowest BCUT2D eigenvalue weighted by Crippen LogP contribution is -2.19. The average molecular weight is 541 g/mol. The minimum Gasteiger partial charge on any atom is -0.492 e. The predicted molar refractivity (Wildman–Crippen MR) is 139 cm³/mol. The SMILES string of the molecule is COC(=O)c1ncc(OCC2CCC(/C=C/c3c(-c4ccccc4C(F)(F)F)noc3C3CC3)CC2)cc1C. The van der Waals surface area contributed by atoms with Crippen molar-refractivity contribution in [2.24, 2.45) is 11.8 Å². The van der Waals surface area contributed by atoms with E-state index in [-0.39, 0.29) is 22.9 Å². The highest BCUT2D eigenvalue weighted by Crippen LogP contribution is 2.46. The number of carbonyl (C=O) groups excluding carboxylic acids is 1. The summed E-state index contributed by atoms with van der Waals surface area (Å²) in [7, 11) is 1.32. The van der Waals surface area contributed by atoms with E-state index in [0.717, 1.165) is 44.6 Å². The molecule has 2 fully saturated rings. The number of allylic oxidation sites excluding steroid dienone is 1. The molecule has 206 valence electrons. The van der Waals surface area contributed by atoms with Gasteiger partial charge in [-0.25, -0.2) is 9.78 Å². The number of pyridine rings is 1. The molecular weight excluding hydrogens is 509 g/mol. The van der Waals surface area contributed by atoms with Crippen molar-refractivity contribution >= 4 is 12.0 Å². The number of halogens is 3. The first-order chi connectivity index (χ1) is 18.7. The summed E-state index contributed by atoms with van der Waals surface area (Å²) in [6.07, 6.45) is 6.88. The van der Waals surface area contributed by atoms with Crippen molar-refractivity contribution in [1.82, 2.24) is 10.1 Å². The van der Waals surface area contributed by atoms with Crippen molar-refractivity contribution in [2.75, 3.05) is 13.7 Å². The van der Waals surface area contributed by atoms with Crippen LogP contribution >= 0.6 is 0 Å². The molecule has 9 heteroatoms. The summed E-state index contributed by atoms with van der Waals surface area (Å²) >= 11 is 0. The number of esters is 1. The van der Waals surface area contributed by atoms with E-state index >= 15 is 0 Å². The number of benzene rings is 1. The molecule has 2 aliphatic rings. The first-order valence-corrected chi connectivity index (χ1v) is 13.3. The van der Waals surface area contributed by atoms with E-state index in [2.05, 4.69) is 16.2 Å². The number of alkyl halides is 3. The normalized spacial score (nSPS) is 19.8. The van der Waals surface area contributed by atoms with Gasteiger partial charge in [-0.05, 0) is 75.0 Å². The molecule has 6 nitrogen and oxygen atoms in total. The van der Waals surface area contributed by atoms with Gasteiger partial charge in [-0.3, -0.25) is 0 Å². The van der Waals surface area contributed by atoms with Gasteiger partial charge in [0.05, 0.1) is 25.5 Å². The van der Waals surface area contributed by atoms with Crippen molar-refractivity contribution in [3.05, 3.63) is 70.7 Å². The molecular formula is C30H31F3N2O4. The molecule has 2 aliphatic carbocycles. The van der Waals surface area contributed by atoms with Gasteiger partial charge in [0.25, 0.3) is 0 Å². The van der Waals surface area contributed by atoms with Crippen LogP contribution in [0.15, 0.2) is 47.1 Å². The number of hydrogen-bond donors (Lipinski definition) is 0. The number of aryl methyl sites for hydroxylation is 1. The molecule has 5 rings (SSSR count). The zero-order chi connectivity index (χ0) is 27.6. The van der Waals surface area contributed by atoms with Gasteiger partial charge in [-0.15, -0.1) is 0 Å². The van der Waals surface area contributed by atoms with Gasteiger partial charge in [0.2, 0.25) is 0 Å². The second-order valence-corrected chi connectivity index (χ2v) is 10.4. The highest BCUT2D eigenvalue weighted by atomic mass is 19.4. The molecule has 2 aromatic heterocycles. The molecule has 0 spiro atoms. The molecule has 1 aromatic carbocycles. The van der Waals surface area contributed by atoms with Crippen LogP contribution in [0.3, 0.4) is 0 Å². The highest BCUT2D eigenvalue weighted by molar-refractivity contribution is 5.88. The van der Waals surface area contributed by atoms with E-state index in [1.807, 2.05) is 6.08 Å². The molecule has 0 atom stereocenters. The first-order valence-electron chi connectivity index (χ1n) is 13.3. The number of methoxy groups -OCH3 is 1. The van der Waals surface area contributed by atoms with E-state index in [1.165, 1.54) is 19.2 Å². The van der Waals surface area contributed by atoms with Crippen LogP contribution in [-0.4, -0.2) is 29.8 Å². The molecule has 0 aliphatic heterocycles. The molecule has 0 amide bonds. The van der Waals surface area contributed by atoms with Crippen LogP contribution < -0.4 is 4.74 Å². The van der Waals surface area contributed by atoms with Crippen LogP contribution in [0, 0.1) is 18.8 Å². The monoisotopic (exact) mass is 540 g/mol. The van der Waals surface area contributed by atoms with Crippen LogP contribution in [0.25, 0.3) is 17.3 Å². The Hall–Kier alpha value is -3.62. The third kappa shape index (κ3) is 6.18. The standard InChI is InChI=1S/C30H31F3N2O4/c1-18-15-22(16-34-26(18)29(36)37-2)38-17-20-9-7-19(8-10-20)11-14-24-27(35-39-28(24)21-12-13-21)23-5-3-4-6-25(23)30(31,32)33/h3-6,11,14-16,19-21H,7-10,12-13,17H2,1-2H3/b14-11+. The van der Waals surface area contributed by atoms with Crippen LogP contribution in [0.2, 0.25) is 0 Å². The number of nitrogens with zero attached hydrogens (tertiary/aromatic N) is 2. The summed E-state index contributed by atoms with van der Waals surface area (Å²) in [6.45, 7) is 2.35. The minimum absolute atomic E-state index is 0.0468. The molecule has 0 N–H and O–H groups in total. The van der Waals surface area contributed by atoms with Gasteiger partial charge in [0.15, 0.2) is 5.69 Å². The van der Waals surface area contributed by atoms with Crippen molar-refractivity contribution < 1.29 is 32.0 Å². The third-order valence-electron chi connectivity index (χ3n) is 7.54. The molecule has 0 bridgehead atoms. The Morgan fingerprint density at radius 1 is 1.13 bits per heavy atom. The lowest BCUT2D eigenvalue weighted by atomic mass is 9.82. The fourth-order valence-electron chi connectivity index (χ4n) is 5.17. The molecule has 0 radical (unpaired) electrons. The van der Waals surface area contributed by atoms with Gasteiger partial charge in [-0.2, -0.15) is 13.2 Å². The second kappa shape index (κ2) is 11.2. The van der Waals surface area contributed by atoms with Crippen molar-refractivity contribution in [1.29, 1.82) is 0 Å². The Bertz CT molecular complexity index is 1350. The van der Waals surface area contributed by atoms with Gasteiger partial charge in [0.1, 0.15) is 17.2 Å². The van der Waals surface area contributed by atoms with Crippen molar-refractivity contribution in [2.45, 2.75) is 57.5 Å². The van der Waals surface area contributed by atoms with Crippen LogP contribution in [-0.2, 0) is 10.9 Å². The predicted octanol–water partition coefficient (Wildman–Crippen LogP) is 7.63. The average Bonchev–Trinajstić information content (AvgIpc) is 3.69. The van der Waals surface area contributed by atoms with Crippen molar-refractivity contribution in [3.8, 4) is 17.0 Å². The second-order valence-electron chi connectivity index (χ2n) is 10.4. The van der Waals surface area contributed by atoms with E-state index in [0.29, 0.717) is 41.1 Å². The number of ether oxygens (including phenoxy) is 2. The van der Waals surface area contributed by atoms with Crippen LogP contribution in [0.5, 0.6) is 5.75 Å². The van der Waals surface area contributed by atoms with Gasteiger partial charge < -0.3 is 14.0 Å². The molecule has 39 heavy (non-hydrogen) atoms. The molecule has 2 saturated carbocycles. The third-order valence-corrected chi connectivity index (χ3v) is 7.54. The fraction of sp³-hybridized carbons (Fsp3) is 0.433. The van der Waals surface area contributed by atoms with E-state index in [9.17, 15) is 18.0 Å². The summed E-state index contributed by atoms with van der Waals surface area (Å²) in [5.74, 6) is 1.75. The Labute approximate surface area is 225 Å². The Morgan fingerprint density at radius 2 is 1.87 bits per heavy atom. The fourth-order valence-corrected chi connectivity index (χ4v) is 5.17. The number of rotatable bonds is 8. The number of aromatic nitrogens is 2. The summed E-state index contributed by atoms with van der Waals surface area (Å²) in [6, 6.07) is 7.32. The largest absolute Gasteiger partial charge is 0.492 e. The zero-order valence-electron chi connectivity index (χ0n) is 22.0. The van der Waals surface area contributed by atoms with E-state index in [4.69, 9.17) is 14.0 Å². The lowest BCUT2D eigenvalue weighted by molar-refractivity contribution is -0.137. The maximum atomic E-state index is 13.7. The van der Waals surface area contributed by atoms with Crippen LogP contribution in [0.4, 0.5) is 13.2 Å². The van der Waals surface area contributed by atoms with Gasteiger partial charge >= 0.3 is 12.1 Å². The minimum atomic E-state index is -4.48. The summed E-state index contributed by atoms with van der Waals surface area (Å²) < 4.78 is 57.4. The number of carbonyl (C=O) groups is 1. The summed E-state index contributed by atoms with van der Waals surface area (Å²) in [5.41, 5.74) is 1.24. The van der Waals surface area contributed by atoms with Crippen molar-refractivity contribution in [3.63, 3.8) is 0 Å². The Balaban J connectivity index is 1.23. The highest BCUT2D eigenvalue weighted by Gasteiger charge is 2.37. The van der Waals surface area contributed by atoms with Gasteiger partial charge in [0, 0.05) is 17.0 Å². The quantitative estimate of drug-likeness (QED) is 0.274. The lowest BCUT2D eigenvalue weighted by Gasteiger charge is -2.26. The van der Waals surface area contributed by atoms with E-state index < -0.39 is 17.7 Å². The maximum Gasteiger partial charge on any atom is 0.417 e. The molecule has 2 heterocycles. The Kier molecular flexibility index (Phi) is 7.77. The smallest absolute Gasteiger partial charge is 0.417 e. The topological polar surface area (TPSA) is 74.5 Å². The molecule has 0 saturated heterocycles. The molecule has 3 aromatic rings. The maximum absolute atomic E-state index is 13.7. The number of hydrogen-bond acceptors (Lipinski definition) is 6. The van der Waals surface area contributed by atoms with E-state index in [1.54, 1.807) is 25.3 Å². The first kappa shape index (κ1) is 27.0. The zero-order valence-corrected chi connectivity index (χ0v) is 22.0. The van der Waals surface area contributed by atoms with Gasteiger partial charge in [-0.1, -0.05) is 35.5 Å². The van der Waals surface area contributed by atoms with Crippen LogP contribution in [0.1, 0.15) is 77.4 Å². The summed E-state index contributed by atoms with van der Waals surface area (Å²) in [5, 5.41) is 4.10. The summed E-state index contributed by atoms with van der Waals surface area (Å²) in [4.78, 5) is 15.9. The Morgan fingerprint density at radius 3 is 2.54 bits per heavy atom.